The molecule has 2 aliphatic heterocycles. The number of fused-ring (bicyclic) bond motifs is 1. The Morgan fingerprint density at radius 1 is 1.38 bits per heavy atom. The van der Waals surface area contributed by atoms with E-state index in [0.717, 1.165) is 44.1 Å². The highest BCUT2D eigenvalue weighted by molar-refractivity contribution is 5.81. The number of aryl methyl sites for hydroxylation is 1. The maximum absolute atomic E-state index is 12.9. The van der Waals surface area contributed by atoms with E-state index < -0.39 is 6.10 Å². The molecule has 0 N–H and O–H groups in total. The van der Waals surface area contributed by atoms with Crippen LogP contribution >= 0.6 is 0 Å². The molecule has 1 fully saturated rings. The van der Waals surface area contributed by atoms with Crippen molar-refractivity contribution in [2.24, 2.45) is 5.92 Å². The molecule has 7 heteroatoms. The van der Waals surface area contributed by atoms with E-state index in [2.05, 4.69) is 21.7 Å². The molecule has 0 aliphatic carbocycles. The third-order valence-electron chi connectivity index (χ3n) is 4.79. The molecule has 1 saturated heterocycles. The first kappa shape index (κ1) is 17.4. The molecule has 0 bridgehead atoms. The quantitative estimate of drug-likeness (QED) is 0.785. The zero-order chi connectivity index (χ0) is 17.1. The van der Waals surface area contributed by atoms with Crippen molar-refractivity contribution in [2.45, 2.75) is 65.3 Å². The molecule has 3 heterocycles. The Morgan fingerprint density at radius 2 is 2.21 bits per heavy atom. The molecular formula is C17H28N4O3. The van der Waals surface area contributed by atoms with E-state index in [1.807, 2.05) is 18.7 Å². The zero-order valence-electron chi connectivity index (χ0n) is 14.9. The van der Waals surface area contributed by atoms with Crippen molar-refractivity contribution in [3.05, 3.63) is 11.6 Å². The van der Waals surface area contributed by atoms with Crippen molar-refractivity contribution in [1.29, 1.82) is 0 Å². The second-order valence-electron chi connectivity index (χ2n) is 6.93. The average molecular weight is 336 g/mol. The Hall–Kier alpha value is -1.47. The molecule has 2 aliphatic rings. The Morgan fingerprint density at radius 3 is 2.88 bits per heavy atom. The van der Waals surface area contributed by atoms with Gasteiger partial charge >= 0.3 is 0 Å². The highest BCUT2D eigenvalue weighted by Crippen LogP contribution is 2.19. The van der Waals surface area contributed by atoms with Crippen LogP contribution in [0, 0.1) is 5.92 Å². The number of ether oxygens (including phenoxy) is 2. The van der Waals surface area contributed by atoms with Gasteiger partial charge in [0.2, 0.25) is 0 Å². The molecule has 0 radical (unpaired) electrons. The minimum Gasteiger partial charge on any atom is -0.376 e. The van der Waals surface area contributed by atoms with E-state index in [4.69, 9.17) is 9.47 Å². The molecular weight excluding hydrogens is 308 g/mol. The van der Waals surface area contributed by atoms with E-state index in [-0.39, 0.29) is 17.9 Å². The summed E-state index contributed by atoms with van der Waals surface area (Å²) < 4.78 is 13.7. The van der Waals surface area contributed by atoms with Gasteiger partial charge in [0.15, 0.2) is 5.82 Å². The van der Waals surface area contributed by atoms with Crippen molar-refractivity contribution >= 4 is 5.91 Å². The van der Waals surface area contributed by atoms with Gasteiger partial charge in [0, 0.05) is 26.1 Å². The molecule has 24 heavy (non-hydrogen) atoms. The molecule has 3 rings (SSSR count). The summed E-state index contributed by atoms with van der Waals surface area (Å²) >= 11 is 0. The van der Waals surface area contributed by atoms with Gasteiger partial charge in [-0.2, -0.15) is 0 Å². The van der Waals surface area contributed by atoms with Gasteiger partial charge in [-0.25, -0.2) is 0 Å². The molecule has 1 aromatic heterocycles. The molecule has 0 saturated carbocycles. The zero-order valence-corrected chi connectivity index (χ0v) is 14.9. The molecule has 1 aromatic rings. The lowest BCUT2D eigenvalue weighted by atomic mass is 10.1. The van der Waals surface area contributed by atoms with Gasteiger partial charge in [0.1, 0.15) is 11.9 Å². The summed E-state index contributed by atoms with van der Waals surface area (Å²) in [6, 6.07) is 0. The highest BCUT2D eigenvalue weighted by Gasteiger charge is 2.32. The first-order chi connectivity index (χ1) is 11.6. The number of amides is 1. The standard InChI is InChI=1S/C17H28N4O3/c1-4-14-18-19-15-10-20(7-8-21(14)15)17(22)16(12(2)3)24-11-13-6-5-9-23-13/h12-13,16H,4-11H2,1-3H3/t13-,16+/m1/s1. The van der Waals surface area contributed by atoms with Crippen molar-refractivity contribution in [3.63, 3.8) is 0 Å². The lowest BCUT2D eigenvalue weighted by Crippen LogP contribution is -2.47. The highest BCUT2D eigenvalue weighted by atomic mass is 16.5. The lowest BCUT2D eigenvalue weighted by molar-refractivity contribution is -0.150. The molecule has 0 unspecified atom stereocenters. The van der Waals surface area contributed by atoms with E-state index in [1.165, 1.54) is 0 Å². The van der Waals surface area contributed by atoms with Gasteiger partial charge in [-0.15, -0.1) is 10.2 Å². The van der Waals surface area contributed by atoms with Crippen molar-refractivity contribution in [2.75, 3.05) is 19.8 Å². The fourth-order valence-electron chi connectivity index (χ4n) is 3.38. The third-order valence-corrected chi connectivity index (χ3v) is 4.79. The van der Waals surface area contributed by atoms with Crippen LogP contribution in [0.25, 0.3) is 0 Å². The molecule has 7 nitrogen and oxygen atoms in total. The average Bonchev–Trinajstić information content (AvgIpc) is 3.23. The first-order valence-electron chi connectivity index (χ1n) is 9.03. The maximum Gasteiger partial charge on any atom is 0.252 e. The maximum atomic E-state index is 12.9. The first-order valence-corrected chi connectivity index (χ1v) is 9.03. The predicted octanol–water partition coefficient (Wildman–Crippen LogP) is 1.40. The monoisotopic (exact) mass is 336 g/mol. The second kappa shape index (κ2) is 7.61. The number of carbonyl (C=O) groups is 1. The summed E-state index contributed by atoms with van der Waals surface area (Å²) in [7, 11) is 0. The van der Waals surface area contributed by atoms with Gasteiger partial charge in [-0.1, -0.05) is 20.8 Å². The minimum absolute atomic E-state index is 0.0512. The van der Waals surface area contributed by atoms with E-state index >= 15 is 0 Å². The Bertz CT molecular complexity index is 566. The Kier molecular flexibility index (Phi) is 5.50. The number of nitrogens with zero attached hydrogens (tertiary/aromatic N) is 4. The summed E-state index contributed by atoms with van der Waals surface area (Å²) in [6.45, 7) is 9.38. The number of hydrogen-bond donors (Lipinski definition) is 0. The van der Waals surface area contributed by atoms with Gasteiger partial charge in [0.05, 0.1) is 19.3 Å². The summed E-state index contributed by atoms with van der Waals surface area (Å²) in [5.74, 6) is 2.04. The van der Waals surface area contributed by atoms with Crippen LogP contribution in [0.3, 0.4) is 0 Å². The van der Waals surface area contributed by atoms with Gasteiger partial charge in [-0.3, -0.25) is 4.79 Å². The van der Waals surface area contributed by atoms with Crippen molar-refractivity contribution in [3.8, 4) is 0 Å². The molecule has 0 aromatic carbocycles. The number of hydrogen-bond acceptors (Lipinski definition) is 5. The van der Waals surface area contributed by atoms with E-state index in [1.54, 1.807) is 0 Å². The largest absolute Gasteiger partial charge is 0.376 e. The number of rotatable bonds is 6. The number of aromatic nitrogens is 3. The fraction of sp³-hybridized carbons (Fsp3) is 0.824. The predicted molar refractivity (Wildman–Crippen MR) is 88.4 cm³/mol. The SMILES string of the molecule is CCc1nnc2n1CCN(C(=O)[C@@H](OC[C@H]1CCCO1)C(C)C)C2. The topological polar surface area (TPSA) is 69.5 Å². The number of carbonyl (C=O) groups excluding carboxylic acids is 1. The smallest absolute Gasteiger partial charge is 0.252 e. The van der Waals surface area contributed by atoms with Gasteiger partial charge < -0.3 is 18.9 Å². The Balaban J connectivity index is 1.62. The van der Waals surface area contributed by atoms with Crippen molar-refractivity contribution < 1.29 is 14.3 Å². The van der Waals surface area contributed by atoms with Crippen LogP contribution in [0.15, 0.2) is 0 Å². The van der Waals surface area contributed by atoms with Crippen LogP contribution in [0.5, 0.6) is 0 Å². The lowest BCUT2D eigenvalue weighted by Gasteiger charge is -2.32. The third kappa shape index (κ3) is 3.62. The molecule has 2 atom stereocenters. The van der Waals surface area contributed by atoms with Crippen LogP contribution in [0.1, 0.15) is 45.3 Å². The fourth-order valence-corrected chi connectivity index (χ4v) is 3.38. The second-order valence-corrected chi connectivity index (χ2v) is 6.93. The normalized spacial score (nSPS) is 22.0. The van der Waals surface area contributed by atoms with Crippen LogP contribution in [-0.2, 0) is 33.8 Å². The summed E-state index contributed by atoms with van der Waals surface area (Å²) in [5.41, 5.74) is 0. The minimum atomic E-state index is -0.422. The van der Waals surface area contributed by atoms with Gasteiger partial charge in [0.25, 0.3) is 5.91 Å². The van der Waals surface area contributed by atoms with Crippen LogP contribution in [-0.4, -0.2) is 57.5 Å². The summed E-state index contributed by atoms with van der Waals surface area (Å²) in [5, 5.41) is 8.44. The van der Waals surface area contributed by atoms with E-state index in [9.17, 15) is 4.79 Å². The van der Waals surface area contributed by atoms with Crippen molar-refractivity contribution in [1.82, 2.24) is 19.7 Å². The van der Waals surface area contributed by atoms with E-state index in [0.29, 0.717) is 19.7 Å². The molecule has 0 spiro atoms. The summed E-state index contributed by atoms with van der Waals surface area (Å²) in [6.07, 6.45) is 2.67. The van der Waals surface area contributed by atoms with Crippen LogP contribution in [0.4, 0.5) is 0 Å². The molecule has 134 valence electrons. The van der Waals surface area contributed by atoms with Crippen LogP contribution in [0.2, 0.25) is 0 Å². The van der Waals surface area contributed by atoms with Crippen LogP contribution < -0.4 is 0 Å². The van der Waals surface area contributed by atoms with Gasteiger partial charge in [-0.05, 0) is 18.8 Å². The molecule has 1 amide bonds. The Labute approximate surface area is 143 Å². The summed E-state index contributed by atoms with van der Waals surface area (Å²) in [4.78, 5) is 14.8.